The monoisotopic (exact) mass is 371 g/mol. The molecule has 0 heterocycles. The lowest BCUT2D eigenvalue weighted by atomic mass is 10.2. The topological polar surface area (TPSA) is 90.3 Å². The number of rotatable bonds is 7. The van der Waals surface area contributed by atoms with E-state index >= 15 is 0 Å². The van der Waals surface area contributed by atoms with Gasteiger partial charge in [-0.1, -0.05) is 24.3 Å². The highest BCUT2D eigenvalue weighted by Gasteiger charge is 2.17. The van der Waals surface area contributed by atoms with E-state index < -0.39 is 21.5 Å². The molecule has 0 bridgehead atoms. The molecule has 1 N–H and O–H groups in total. The number of nitrogens with zero attached hydrogens (tertiary/aromatic N) is 2. The number of anilines is 1. The summed E-state index contributed by atoms with van der Waals surface area (Å²) in [6, 6.07) is 15.9. The molecule has 6 nitrogen and oxygen atoms in total. The van der Waals surface area contributed by atoms with Crippen molar-refractivity contribution in [3.05, 3.63) is 65.2 Å². The van der Waals surface area contributed by atoms with Crippen molar-refractivity contribution in [1.82, 2.24) is 5.32 Å². The maximum Gasteiger partial charge on any atom is 0.235 e. The molecule has 0 radical (unpaired) electrons. The van der Waals surface area contributed by atoms with Crippen molar-refractivity contribution >= 4 is 21.4 Å². The quantitative estimate of drug-likeness (QED) is 0.802. The molecule has 0 unspecified atom stereocenters. The molecule has 7 heteroatoms. The number of nitrogens with one attached hydrogen (secondary N) is 1. The number of amides is 1. The molecule has 1 amide bonds. The van der Waals surface area contributed by atoms with E-state index in [-0.39, 0.29) is 12.3 Å². The number of carbonyl (C=O) groups excluding carboxylic acids is 1. The minimum atomic E-state index is -3.58. The van der Waals surface area contributed by atoms with Crippen LogP contribution in [0.1, 0.15) is 16.7 Å². The fourth-order valence-corrected chi connectivity index (χ4v) is 3.65. The van der Waals surface area contributed by atoms with E-state index in [1.807, 2.05) is 49.3 Å². The first-order valence-electron chi connectivity index (χ1n) is 8.01. The zero-order valence-electron chi connectivity index (χ0n) is 14.8. The van der Waals surface area contributed by atoms with Gasteiger partial charge < -0.3 is 10.2 Å². The van der Waals surface area contributed by atoms with Crippen molar-refractivity contribution in [2.75, 3.05) is 24.7 Å². The van der Waals surface area contributed by atoms with Gasteiger partial charge in [0.15, 0.2) is 9.84 Å². The fourth-order valence-electron chi connectivity index (χ4n) is 2.34. The molecule has 0 fully saturated rings. The van der Waals surface area contributed by atoms with Gasteiger partial charge in [0, 0.05) is 26.3 Å². The SMILES string of the molecule is CN(C)c1ccc(CNC(=O)CS(=O)(=O)Cc2ccc(C#N)cc2)cc1. The maximum atomic E-state index is 12.2. The Morgan fingerprint density at radius 1 is 1.04 bits per heavy atom. The van der Waals surface area contributed by atoms with Crippen LogP contribution in [0.25, 0.3) is 0 Å². The van der Waals surface area contributed by atoms with Gasteiger partial charge in [0.25, 0.3) is 0 Å². The Labute approximate surface area is 154 Å². The van der Waals surface area contributed by atoms with Gasteiger partial charge in [0.1, 0.15) is 5.75 Å². The molecule has 2 aromatic rings. The lowest BCUT2D eigenvalue weighted by Crippen LogP contribution is -2.30. The van der Waals surface area contributed by atoms with E-state index in [0.717, 1.165) is 11.3 Å². The van der Waals surface area contributed by atoms with E-state index in [1.54, 1.807) is 24.3 Å². The highest BCUT2D eigenvalue weighted by atomic mass is 32.2. The van der Waals surface area contributed by atoms with Crippen LogP contribution in [0.2, 0.25) is 0 Å². The van der Waals surface area contributed by atoms with Gasteiger partial charge in [-0.2, -0.15) is 5.26 Å². The highest BCUT2D eigenvalue weighted by molar-refractivity contribution is 7.91. The van der Waals surface area contributed by atoms with E-state index in [4.69, 9.17) is 5.26 Å². The van der Waals surface area contributed by atoms with Gasteiger partial charge in [-0.15, -0.1) is 0 Å². The molecule has 2 rings (SSSR count). The number of nitriles is 1. The van der Waals surface area contributed by atoms with Crippen molar-refractivity contribution in [2.45, 2.75) is 12.3 Å². The van der Waals surface area contributed by atoms with Crippen molar-refractivity contribution in [2.24, 2.45) is 0 Å². The molecule has 0 atom stereocenters. The van der Waals surface area contributed by atoms with Crippen LogP contribution in [-0.2, 0) is 26.9 Å². The first-order valence-corrected chi connectivity index (χ1v) is 9.83. The Morgan fingerprint density at radius 3 is 2.15 bits per heavy atom. The van der Waals surface area contributed by atoms with Gasteiger partial charge in [0.2, 0.25) is 5.91 Å². The van der Waals surface area contributed by atoms with Crippen molar-refractivity contribution in [1.29, 1.82) is 5.26 Å². The van der Waals surface area contributed by atoms with Gasteiger partial charge in [0.05, 0.1) is 17.4 Å². The van der Waals surface area contributed by atoms with Crippen molar-refractivity contribution in [3.63, 3.8) is 0 Å². The molecular weight excluding hydrogens is 350 g/mol. The summed E-state index contributed by atoms with van der Waals surface area (Å²) in [5, 5.41) is 11.4. The lowest BCUT2D eigenvalue weighted by Gasteiger charge is -2.13. The minimum absolute atomic E-state index is 0.232. The fraction of sp³-hybridized carbons (Fsp3) is 0.263. The predicted octanol–water partition coefficient (Wildman–Crippen LogP) is 1.86. The molecule has 0 aliphatic rings. The summed E-state index contributed by atoms with van der Waals surface area (Å²) >= 11 is 0. The van der Waals surface area contributed by atoms with Crippen LogP contribution >= 0.6 is 0 Å². The zero-order valence-corrected chi connectivity index (χ0v) is 15.6. The van der Waals surface area contributed by atoms with Crippen molar-refractivity contribution < 1.29 is 13.2 Å². The largest absolute Gasteiger partial charge is 0.378 e. The molecular formula is C19H21N3O3S. The van der Waals surface area contributed by atoms with E-state index in [9.17, 15) is 13.2 Å². The number of hydrogen-bond donors (Lipinski definition) is 1. The van der Waals surface area contributed by atoms with Crippen LogP contribution in [0.15, 0.2) is 48.5 Å². The standard InChI is InChI=1S/C19H21N3O3S/c1-22(2)18-9-7-16(8-10-18)12-21-19(23)14-26(24,25)13-17-5-3-15(11-20)4-6-17/h3-10H,12-14H2,1-2H3,(H,21,23). The summed E-state index contributed by atoms with van der Waals surface area (Å²) in [5.41, 5.74) is 2.96. The average molecular weight is 371 g/mol. The summed E-state index contributed by atoms with van der Waals surface area (Å²) in [7, 11) is 0.303. The molecule has 0 saturated heterocycles. The van der Waals surface area contributed by atoms with E-state index in [2.05, 4.69) is 5.32 Å². The van der Waals surface area contributed by atoms with Gasteiger partial charge in [-0.3, -0.25) is 4.79 Å². The Kier molecular flexibility index (Phi) is 6.36. The van der Waals surface area contributed by atoms with Crippen LogP contribution in [0.4, 0.5) is 5.69 Å². The van der Waals surface area contributed by atoms with Gasteiger partial charge in [-0.25, -0.2) is 8.42 Å². The smallest absolute Gasteiger partial charge is 0.235 e. The third kappa shape index (κ3) is 5.90. The first-order chi connectivity index (χ1) is 12.3. The molecule has 136 valence electrons. The molecule has 0 spiro atoms. The third-order valence-electron chi connectivity index (χ3n) is 3.76. The van der Waals surface area contributed by atoms with E-state index in [1.165, 1.54) is 0 Å². The molecule has 0 aliphatic carbocycles. The normalized spacial score (nSPS) is 10.8. The van der Waals surface area contributed by atoms with Crippen LogP contribution in [0, 0.1) is 11.3 Å². The first kappa shape index (κ1) is 19.5. The van der Waals surface area contributed by atoms with Crippen LogP contribution in [0.5, 0.6) is 0 Å². The molecule has 0 saturated carbocycles. The summed E-state index contributed by atoms with van der Waals surface area (Å²) in [6.07, 6.45) is 0. The molecule has 26 heavy (non-hydrogen) atoms. The lowest BCUT2D eigenvalue weighted by molar-refractivity contribution is -0.118. The number of carbonyl (C=O) groups is 1. The van der Waals surface area contributed by atoms with Crippen molar-refractivity contribution in [3.8, 4) is 6.07 Å². The van der Waals surface area contributed by atoms with Crippen LogP contribution in [-0.4, -0.2) is 34.2 Å². The molecule has 0 aromatic heterocycles. The van der Waals surface area contributed by atoms with Crippen LogP contribution < -0.4 is 10.2 Å². The maximum absolute atomic E-state index is 12.2. The molecule has 2 aromatic carbocycles. The Morgan fingerprint density at radius 2 is 1.62 bits per heavy atom. The summed E-state index contributed by atoms with van der Waals surface area (Å²) in [5.74, 6) is -1.33. The average Bonchev–Trinajstić information content (AvgIpc) is 2.60. The predicted molar refractivity (Wildman–Crippen MR) is 101 cm³/mol. The number of hydrogen-bond acceptors (Lipinski definition) is 5. The number of benzene rings is 2. The Balaban J connectivity index is 1.88. The van der Waals surface area contributed by atoms with Crippen LogP contribution in [0.3, 0.4) is 0 Å². The summed E-state index contributed by atoms with van der Waals surface area (Å²) in [4.78, 5) is 13.9. The van der Waals surface area contributed by atoms with Gasteiger partial charge in [-0.05, 0) is 35.4 Å². The zero-order chi connectivity index (χ0) is 19.2. The summed E-state index contributed by atoms with van der Waals surface area (Å²) in [6.45, 7) is 0.277. The molecule has 0 aliphatic heterocycles. The minimum Gasteiger partial charge on any atom is -0.378 e. The second-order valence-electron chi connectivity index (χ2n) is 6.18. The Bertz CT molecular complexity index is 897. The number of sulfone groups is 1. The van der Waals surface area contributed by atoms with E-state index in [0.29, 0.717) is 11.1 Å². The third-order valence-corrected chi connectivity index (χ3v) is 5.24. The Hall–Kier alpha value is -2.85. The second kappa shape index (κ2) is 8.50. The summed E-state index contributed by atoms with van der Waals surface area (Å²) < 4.78 is 24.3. The second-order valence-corrected chi connectivity index (χ2v) is 8.24. The highest BCUT2D eigenvalue weighted by Crippen LogP contribution is 2.12. The van der Waals surface area contributed by atoms with Gasteiger partial charge >= 0.3 is 0 Å².